The summed E-state index contributed by atoms with van der Waals surface area (Å²) in [6, 6.07) is 13.0. The van der Waals surface area contributed by atoms with E-state index in [2.05, 4.69) is 67.1 Å². The van der Waals surface area contributed by atoms with E-state index < -0.39 is 0 Å². The molecule has 0 bridgehead atoms. The highest BCUT2D eigenvalue weighted by atomic mass is 15.0. The van der Waals surface area contributed by atoms with Crippen LogP contribution in [0.3, 0.4) is 0 Å². The predicted octanol–water partition coefficient (Wildman–Crippen LogP) is 4.04. The maximum absolute atomic E-state index is 3.53. The molecule has 0 aliphatic heterocycles. The molecule has 20 heavy (non-hydrogen) atoms. The fourth-order valence-corrected chi connectivity index (χ4v) is 2.59. The first-order chi connectivity index (χ1) is 9.72. The van der Waals surface area contributed by atoms with Crippen LogP contribution in [-0.4, -0.2) is 11.1 Å². The molecule has 0 spiro atoms. The Balaban J connectivity index is 2.05. The Bertz CT molecular complexity index is 526. The highest BCUT2D eigenvalue weighted by Gasteiger charge is 2.08. The van der Waals surface area contributed by atoms with Crippen LogP contribution in [0, 0.1) is 13.8 Å². The van der Waals surface area contributed by atoms with E-state index in [1.807, 2.05) is 0 Å². The van der Waals surface area contributed by atoms with Gasteiger partial charge in [-0.1, -0.05) is 43.7 Å². The molecule has 0 unspecified atom stereocenters. The molecule has 0 saturated carbocycles. The lowest BCUT2D eigenvalue weighted by Gasteiger charge is -2.10. The number of nitrogens with one attached hydrogen (secondary N) is 1. The van der Waals surface area contributed by atoms with Crippen LogP contribution in [0.4, 0.5) is 0 Å². The van der Waals surface area contributed by atoms with Crippen molar-refractivity contribution in [3.8, 4) is 0 Å². The Hall–Kier alpha value is -1.54. The van der Waals surface area contributed by atoms with Crippen molar-refractivity contribution in [2.24, 2.45) is 0 Å². The van der Waals surface area contributed by atoms with Gasteiger partial charge in [0.1, 0.15) is 0 Å². The Morgan fingerprint density at radius 2 is 1.85 bits per heavy atom. The number of benzene rings is 1. The Labute approximate surface area is 122 Å². The minimum absolute atomic E-state index is 0.966. The van der Waals surface area contributed by atoms with E-state index in [0.717, 1.165) is 19.6 Å². The van der Waals surface area contributed by atoms with Crippen molar-refractivity contribution >= 4 is 0 Å². The molecule has 1 aromatic heterocycles. The zero-order valence-electron chi connectivity index (χ0n) is 12.9. The maximum Gasteiger partial charge on any atom is 0.0475 e. The van der Waals surface area contributed by atoms with Crippen molar-refractivity contribution in [2.75, 3.05) is 6.54 Å². The molecule has 1 aromatic carbocycles. The summed E-state index contributed by atoms with van der Waals surface area (Å²) in [4.78, 5) is 0. The molecule has 0 saturated heterocycles. The van der Waals surface area contributed by atoms with Gasteiger partial charge in [-0.2, -0.15) is 0 Å². The van der Waals surface area contributed by atoms with Gasteiger partial charge in [-0.05, 0) is 44.0 Å². The molecular formula is C18H26N2. The van der Waals surface area contributed by atoms with Gasteiger partial charge < -0.3 is 9.88 Å². The normalized spacial score (nSPS) is 10.9. The first kappa shape index (κ1) is 14.9. The van der Waals surface area contributed by atoms with Crippen molar-refractivity contribution in [1.82, 2.24) is 9.88 Å². The van der Waals surface area contributed by atoms with Gasteiger partial charge in [0.2, 0.25) is 0 Å². The SMILES string of the molecule is CCCCNCc1cc(C)n(Cc2ccccc2)c1C. The van der Waals surface area contributed by atoms with Crippen molar-refractivity contribution in [3.05, 3.63) is 58.9 Å². The fourth-order valence-electron chi connectivity index (χ4n) is 2.59. The third kappa shape index (κ3) is 3.73. The Morgan fingerprint density at radius 1 is 1.10 bits per heavy atom. The van der Waals surface area contributed by atoms with Crippen LogP contribution >= 0.6 is 0 Å². The van der Waals surface area contributed by atoms with Gasteiger partial charge in [-0.25, -0.2) is 0 Å². The summed E-state index contributed by atoms with van der Waals surface area (Å²) in [6.07, 6.45) is 2.50. The molecule has 2 heteroatoms. The molecule has 2 rings (SSSR count). The largest absolute Gasteiger partial charge is 0.344 e. The topological polar surface area (TPSA) is 17.0 Å². The van der Waals surface area contributed by atoms with Gasteiger partial charge in [0.15, 0.2) is 0 Å². The highest BCUT2D eigenvalue weighted by molar-refractivity contribution is 5.28. The van der Waals surface area contributed by atoms with Crippen LogP contribution in [0.2, 0.25) is 0 Å². The van der Waals surface area contributed by atoms with E-state index >= 15 is 0 Å². The van der Waals surface area contributed by atoms with E-state index in [1.54, 1.807) is 0 Å². The van der Waals surface area contributed by atoms with E-state index in [-0.39, 0.29) is 0 Å². The molecular weight excluding hydrogens is 244 g/mol. The number of rotatable bonds is 7. The van der Waals surface area contributed by atoms with Crippen LogP contribution in [0.1, 0.15) is 42.3 Å². The smallest absolute Gasteiger partial charge is 0.0475 e. The van der Waals surface area contributed by atoms with Gasteiger partial charge in [0.25, 0.3) is 0 Å². The second kappa shape index (κ2) is 7.30. The molecule has 2 nitrogen and oxygen atoms in total. The molecule has 0 aliphatic rings. The fraction of sp³-hybridized carbons (Fsp3) is 0.444. The van der Waals surface area contributed by atoms with Crippen molar-refractivity contribution < 1.29 is 0 Å². The minimum atomic E-state index is 0.966. The summed E-state index contributed by atoms with van der Waals surface area (Å²) < 4.78 is 2.41. The van der Waals surface area contributed by atoms with Crippen LogP contribution in [0.25, 0.3) is 0 Å². The first-order valence-corrected chi connectivity index (χ1v) is 7.62. The number of hydrogen-bond donors (Lipinski definition) is 1. The Morgan fingerprint density at radius 3 is 2.55 bits per heavy atom. The second-order valence-corrected chi connectivity index (χ2v) is 5.50. The summed E-state index contributed by atoms with van der Waals surface area (Å²) in [5, 5.41) is 3.53. The molecule has 0 aliphatic carbocycles. The average molecular weight is 270 g/mol. The van der Waals surface area contributed by atoms with Gasteiger partial charge in [-0.15, -0.1) is 0 Å². The third-order valence-electron chi connectivity index (χ3n) is 3.88. The highest BCUT2D eigenvalue weighted by Crippen LogP contribution is 2.17. The molecule has 2 aromatic rings. The predicted molar refractivity (Wildman–Crippen MR) is 86.1 cm³/mol. The maximum atomic E-state index is 3.53. The summed E-state index contributed by atoms with van der Waals surface area (Å²) in [5.74, 6) is 0. The zero-order chi connectivity index (χ0) is 14.4. The lowest BCUT2D eigenvalue weighted by molar-refractivity contribution is 0.637. The second-order valence-electron chi connectivity index (χ2n) is 5.50. The molecule has 108 valence electrons. The molecule has 1 N–H and O–H groups in total. The van der Waals surface area contributed by atoms with Gasteiger partial charge in [0, 0.05) is 24.5 Å². The van der Waals surface area contributed by atoms with Gasteiger partial charge in [-0.3, -0.25) is 0 Å². The van der Waals surface area contributed by atoms with Crippen molar-refractivity contribution in [3.63, 3.8) is 0 Å². The van der Waals surface area contributed by atoms with Crippen LogP contribution < -0.4 is 5.32 Å². The third-order valence-corrected chi connectivity index (χ3v) is 3.88. The lowest BCUT2D eigenvalue weighted by atomic mass is 10.2. The molecule has 0 amide bonds. The Kier molecular flexibility index (Phi) is 5.42. The van der Waals surface area contributed by atoms with E-state index in [4.69, 9.17) is 0 Å². The molecule has 0 radical (unpaired) electrons. The van der Waals surface area contributed by atoms with Gasteiger partial charge >= 0.3 is 0 Å². The summed E-state index contributed by atoms with van der Waals surface area (Å²) in [5.41, 5.74) is 5.52. The lowest BCUT2D eigenvalue weighted by Crippen LogP contribution is -2.15. The van der Waals surface area contributed by atoms with Crippen LogP contribution in [0.15, 0.2) is 36.4 Å². The molecule has 0 atom stereocenters. The van der Waals surface area contributed by atoms with E-state index in [1.165, 1.54) is 35.4 Å². The summed E-state index contributed by atoms with van der Waals surface area (Å²) in [6.45, 7) is 9.71. The number of nitrogens with zero attached hydrogens (tertiary/aromatic N) is 1. The van der Waals surface area contributed by atoms with Crippen molar-refractivity contribution in [2.45, 2.75) is 46.7 Å². The van der Waals surface area contributed by atoms with Crippen LogP contribution in [-0.2, 0) is 13.1 Å². The molecule has 0 fully saturated rings. The van der Waals surface area contributed by atoms with E-state index in [9.17, 15) is 0 Å². The number of aromatic nitrogens is 1. The summed E-state index contributed by atoms with van der Waals surface area (Å²) >= 11 is 0. The zero-order valence-corrected chi connectivity index (χ0v) is 12.9. The number of hydrogen-bond acceptors (Lipinski definition) is 1. The first-order valence-electron chi connectivity index (χ1n) is 7.62. The standard InChI is InChI=1S/C18H26N2/c1-4-5-11-19-13-18-12-15(2)20(16(18)3)14-17-9-7-6-8-10-17/h6-10,12,19H,4-5,11,13-14H2,1-3H3. The molecule has 1 heterocycles. The summed E-state index contributed by atoms with van der Waals surface area (Å²) in [7, 11) is 0. The monoisotopic (exact) mass is 270 g/mol. The minimum Gasteiger partial charge on any atom is -0.344 e. The van der Waals surface area contributed by atoms with E-state index in [0.29, 0.717) is 0 Å². The van der Waals surface area contributed by atoms with Crippen LogP contribution in [0.5, 0.6) is 0 Å². The number of aryl methyl sites for hydroxylation is 1. The quantitative estimate of drug-likeness (QED) is 0.751. The van der Waals surface area contributed by atoms with Gasteiger partial charge in [0.05, 0.1) is 0 Å². The average Bonchev–Trinajstić information content (AvgIpc) is 2.72. The van der Waals surface area contributed by atoms with Crippen molar-refractivity contribution in [1.29, 1.82) is 0 Å². The number of unbranched alkanes of at least 4 members (excludes halogenated alkanes) is 1.